The van der Waals surface area contributed by atoms with Crippen molar-refractivity contribution >= 4 is 29.2 Å². The number of halogens is 1. The molecule has 3 amide bonds. The van der Waals surface area contributed by atoms with Crippen molar-refractivity contribution in [1.82, 2.24) is 10.2 Å². The van der Waals surface area contributed by atoms with E-state index in [0.29, 0.717) is 24.7 Å². The van der Waals surface area contributed by atoms with Gasteiger partial charge in [0.15, 0.2) is 0 Å². The number of nitrogens with one attached hydrogen (secondary N) is 1. The fourth-order valence-corrected chi connectivity index (χ4v) is 3.07. The molecule has 2 aromatic rings. The third kappa shape index (κ3) is 4.08. The maximum atomic E-state index is 12.5. The summed E-state index contributed by atoms with van der Waals surface area (Å²) < 4.78 is 5.27. The van der Waals surface area contributed by atoms with Gasteiger partial charge in [-0.3, -0.25) is 9.69 Å². The molecule has 1 fully saturated rings. The topological polar surface area (TPSA) is 61.9 Å². The summed E-state index contributed by atoms with van der Waals surface area (Å²) >= 11 is 5.99. The number of carbonyl (C=O) groups excluding carboxylic acids is 2. The minimum absolute atomic E-state index is 0.0189. The van der Waals surface area contributed by atoms with Crippen LogP contribution in [0.4, 0.5) is 10.5 Å². The van der Waals surface area contributed by atoms with Crippen LogP contribution in [-0.4, -0.2) is 43.6 Å². The molecule has 1 aliphatic rings. The van der Waals surface area contributed by atoms with E-state index in [1.807, 2.05) is 30.3 Å². The number of para-hydroxylation sites is 1. The average molecular weight is 374 g/mol. The summed E-state index contributed by atoms with van der Waals surface area (Å²) in [5.41, 5.74) is 1.62. The van der Waals surface area contributed by atoms with E-state index < -0.39 is 0 Å². The van der Waals surface area contributed by atoms with E-state index in [1.54, 1.807) is 30.2 Å². The van der Waals surface area contributed by atoms with Crippen LogP contribution in [0.1, 0.15) is 5.56 Å². The number of ether oxygens (including phenoxy) is 1. The highest BCUT2D eigenvalue weighted by atomic mass is 35.5. The van der Waals surface area contributed by atoms with Crippen LogP contribution in [0.2, 0.25) is 5.02 Å². The summed E-state index contributed by atoms with van der Waals surface area (Å²) in [4.78, 5) is 27.9. The van der Waals surface area contributed by atoms with E-state index in [4.69, 9.17) is 16.3 Å². The molecule has 0 aromatic heterocycles. The smallest absolute Gasteiger partial charge is 0.325 e. The third-order valence-electron chi connectivity index (χ3n) is 4.22. The molecule has 1 heterocycles. The Labute approximate surface area is 157 Å². The minimum Gasteiger partial charge on any atom is -0.496 e. The van der Waals surface area contributed by atoms with E-state index >= 15 is 0 Å². The van der Waals surface area contributed by atoms with Crippen LogP contribution in [0.15, 0.2) is 48.5 Å². The minimum atomic E-state index is -0.211. The van der Waals surface area contributed by atoms with E-state index in [9.17, 15) is 9.59 Å². The molecule has 0 unspecified atom stereocenters. The predicted octanol–water partition coefficient (Wildman–Crippen LogP) is 2.91. The molecule has 0 radical (unpaired) electrons. The summed E-state index contributed by atoms with van der Waals surface area (Å²) in [6.45, 7) is 1.39. The lowest BCUT2D eigenvalue weighted by molar-refractivity contribution is -0.121. The number of anilines is 1. The van der Waals surface area contributed by atoms with Crippen molar-refractivity contribution in [3.63, 3.8) is 0 Å². The van der Waals surface area contributed by atoms with Crippen LogP contribution < -0.4 is 15.0 Å². The highest BCUT2D eigenvalue weighted by Crippen LogP contribution is 2.23. The highest BCUT2D eigenvalue weighted by Gasteiger charge is 2.30. The largest absolute Gasteiger partial charge is 0.496 e. The third-order valence-corrected chi connectivity index (χ3v) is 4.45. The van der Waals surface area contributed by atoms with Crippen molar-refractivity contribution in [2.24, 2.45) is 0 Å². The number of nitrogens with zero attached hydrogens (tertiary/aromatic N) is 2. The number of amides is 3. The summed E-state index contributed by atoms with van der Waals surface area (Å²) in [6.07, 6.45) is 0. The first-order valence-corrected chi connectivity index (χ1v) is 8.67. The van der Waals surface area contributed by atoms with Gasteiger partial charge in [-0.05, 0) is 24.3 Å². The van der Waals surface area contributed by atoms with Gasteiger partial charge in [-0.25, -0.2) is 4.79 Å². The number of hydrogen-bond acceptors (Lipinski definition) is 3. The standard InChI is InChI=1S/C19H20ClN3O3/c1-26-17-8-3-2-5-14(17)12-21-18(24)13-22-9-10-23(19(22)25)16-7-4-6-15(20)11-16/h2-8,11H,9-10,12-13H2,1H3,(H,21,24). The van der Waals surface area contributed by atoms with Gasteiger partial charge < -0.3 is 15.0 Å². The maximum Gasteiger partial charge on any atom is 0.325 e. The second-order valence-electron chi connectivity index (χ2n) is 5.92. The molecule has 0 aliphatic carbocycles. The summed E-state index contributed by atoms with van der Waals surface area (Å²) in [7, 11) is 1.59. The number of hydrogen-bond donors (Lipinski definition) is 1. The van der Waals surface area contributed by atoms with E-state index in [1.165, 1.54) is 4.90 Å². The fourth-order valence-electron chi connectivity index (χ4n) is 2.89. The van der Waals surface area contributed by atoms with Crippen molar-refractivity contribution in [3.8, 4) is 5.75 Å². The molecule has 0 atom stereocenters. The Morgan fingerprint density at radius 3 is 2.77 bits per heavy atom. The first-order chi connectivity index (χ1) is 12.6. The van der Waals surface area contributed by atoms with Gasteiger partial charge in [0, 0.05) is 35.9 Å². The molecule has 0 bridgehead atoms. The first-order valence-electron chi connectivity index (χ1n) is 8.29. The van der Waals surface area contributed by atoms with Gasteiger partial charge in [0.25, 0.3) is 0 Å². The zero-order chi connectivity index (χ0) is 18.5. The number of urea groups is 1. The van der Waals surface area contributed by atoms with E-state index in [0.717, 1.165) is 17.0 Å². The van der Waals surface area contributed by atoms with Gasteiger partial charge in [-0.2, -0.15) is 0 Å². The first kappa shape index (κ1) is 18.1. The Bertz CT molecular complexity index is 812. The van der Waals surface area contributed by atoms with Gasteiger partial charge in [-0.15, -0.1) is 0 Å². The molecule has 26 heavy (non-hydrogen) atoms. The SMILES string of the molecule is COc1ccccc1CNC(=O)CN1CCN(c2cccc(Cl)c2)C1=O. The van der Waals surface area contributed by atoms with E-state index in [2.05, 4.69) is 5.32 Å². The molecule has 136 valence electrons. The fraction of sp³-hybridized carbons (Fsp3) is 0.263. The van der Waals surface area contributed by atoms with Crippen molar-refractivity contribution in [1.29, 1.82) is 0 Å². The normalized spacial score (nSPS) is 13.8. The van der Waals surface area contributed by atoms with Crippen molar-refractivity contribution < 1.29 is 14.3 Å². The lowest BCUT2D eigenvalue weighted by Gasteiger charge is -2.18. The number of carbonyl (C=O) groups is 2. The number of benzene rings is 2. The lowest BCUT2D eigenvalue weighted by atomic mass is 10.2. The predicted molar refractivity (Wildman–Crippen MR) is 101 cm³/mol. The van der Waals surface area contributed by atoms with Gasteiger partial charge in [-0.1, -0.05) is 35.9 Å². The highest BCUT2D eigenvalue weighted by molar-refractivity contribution is 6.30. The van der Waals surface area contributed by atoms with Gasteiger partial charge in [0.2, 0.25) is 5.91 Å². The number of rotatable bonds is 6. The average Bonchev–Trinajstić information content (AvgIpc) is 3.00. The second kappa shape index (κ2) is 8.10. The van der Waals surface area contributed by atoms with Crippen molar-refractivity contribution in [2.45, 2.75) is 6.54 Å². The molecular formula is C19H20ClN3O3. The summed E-state index contributed by atoms with van der Waals surface area (Å²) in [5, 5.41) is 3.40. The molecule has 0 spiro atoms. The molecule has 1 saturated heterocycles. The lowest BCUT2D eigenvalue weighted by Crippen LogP contribution is -2.39. The Morgan fingerprint density at radius 1 is 1.19 bits per heavy atom. The molecule has 0 saturated carbocycles. The van der Waals surface area contributed by atoms with E-state index in [-0.39, 0.29) is 18.5 Å². The Kier molecular flexibility index (Phi) is 5.63. The monoisotopic (exact) mass is 373 g/mol. The molecule has 1 N–H and O–H groups in total. The molecule has 2 aromatic carbocycles. The van der Waals surface area contributed by atoms with Crippen LogP contribution in [0.5, 0.6) is 5.75 Å². The van der Waals surface area contributed by atoms with Crippen LogP contribution in [0, 0.1) is 0 Å². The molecule has 3 rings (SSSR count). The number of methoxy groups -OCH3 is 1. The summed E-state index contributed by atoms with van der Waals surface area (Å²) in [6, 6.07) is 14.4. The maximum absolute atomic E-state index is 12.5. The second-order valence-corrected chi connectivity index (χ2v) is 6.36. The Hall–Kier alpha value is -2.73. The van der Waals surface area contributed by atoms with Crippen LogP contribution in [0.25, 0.3) is 0 Å². The van der Waals surface area contributed by atoms with Crippen molar-refractivity contribution in [3.05, 3.63) is 59.1 Å². The molecular weight excluding hydrogens is 354 g/mol. The van der Waals surface area contributed by atoms with Crippen LogP contribution in [0.3, 0.4) is 0 Å². The van der Waals surface area contributed by atoms with Gasteiger partial charge >= 0.3 is 6.03 Å². The molecule has 1 aliphatic heterocycles. The van der Waals surface area contributed by atoms with Gasteiger partial charge in [0.05, 0.1) is 7.11 Å². The molecule has 7 heteroatoms. The Morgan fingerprint density at radius 2 is 2.00 bits per heavy atom. The summed E-state index contributed by atoms with van der Waals surface area (Å²) in [5.74, 6) is 0.509. The van der Waals surface area contributed by atoms with Crippen LogP contribution in [-0.2, 0) is 11.3 Å². The van der Waals surface area contributed by atoms with Crippen LogP contribution >= 0.6 is 11.6 Å². The Balaban J connectivity index is 1.56. The van der Waals surface area contributed by atoms with Crippen molar-refractivity contribution in [2.75, 3.05) is 31.6 Å². The molecule has 6 nitrogen and oxygen atoms in total. The zero-order valence-corrected chi connectivity index (χ0v) is 15.2. The quantitative estimate of drug-likeness (QED) is 0.846. The zero-order valence-electron chi connectivity index (χ0n) is 14.4. The van der Waals surface area contributed by atoms with Gasteiger partial charge in [0.1, 0.15) is 12.3 Å².